The zero-order valence-electron chi connectivity index (χ0n) is 7.09. The number of allylic oxidation sites excluding steroid dienone is 1. The van der Waals surface area contributed by atoms with Gasteiger partial charge in [0.25, 0.3) is 0 Å². The Morgan fingerprint density at radius 2 is 2.46 bits per heavy atom. The average molecular weight is 176 g/mol. The van der Waals surface area contributed by atoms with Crippen LogP contribution in [-0.4, -0.2) is 10.2 Å². The van der Waals surface area contributed by atoms with Crippen LogP contribution >= 0.6 is 0 Å². The summed E-state index contributed by atoms with van der Waals surface area (Å²) in [5.41, 5.74) is 7.77. The highest BCUT2D eigenvalue weighted by Crippen LogP contribution is 2.27. The molecule has 5 nitrogen and oxygen atoms in total. The Kier molecular flexibility index (Phi) is 1.49. The fraction of sp³-hybridized carbons (Fsp3) is 0.250. The normalized spacial score (nSPS) is 14.8. The Balaban J connectivity index is 2.46. The largest absolute Gasteiger partial charge is 0.420 e. The molecule has 0 aliphatic carbocycles. The summed E-state index contributed by atoms with van der Waals surface area (Å²) in [6.07, 6.45) is 0.500. The first-order chi connectivity index (χ1) is 6.22. The summed E-state index contributed by atoms with van der Waals surface area (Å²) in [5, 5.41) is 15.4. The van der Waals surface area contributed by atoms with Crippen molar-refractivity contribution in [1.29, 1.82) is 5.26 Å². The van der Waals surface area contributed by atoms with Crippen molar-refractivity contribution < 1.29 is 4.74 Å². The molecule has 13 heavy (non-hydrogen) atoms. The molecule has 66 valence electrons. The van der Waals surface area contributed by atoms with Crippen LogP contribution in [0.1, 0.15) is 11.3 Å². The van der Waals surface area contributed by atoms with Gasteiger partial charge < -0.3 is 10.5 Å². The Labute approximate surface area is 74.8 Å². The number of nitrogens with two attached hydrogens (primary N) is 1. The quantitative estimate of drug-likeness (QED) is 0.596. The van der Waals surface area contributed by atoms with Crippen molar-refractivity contribution in [2.45, 2.75) is 13.3 Å². The van der Waals surface area contributed by atoms with Gasteiger partial charge in [0.15, 0.2) is 0 Å². The lowest BCUT2D eigenvalue weighted by Crippen LogP contribution is -2.16. The van der Waals surface area contributed by atoms with Gasteiger partial charge in [-0.3, -0.25) is 5.10 Å². The Morgan fingerprint density at radius 1 is 1.69 bits per heavy atom. The minimum atomic E-state index is 0.154. The molecular weight excluding hydrogens is 168 g/mol. The third-order valence-corrected chi connectivity index (χ3v) is 2.03. The van der Waals surface area contributed by atoms with E-state index in [0.717, 1.165) is 11.3 Å². The first kappa shape index (κ1) is 7.68. The lowest BCUT2D eigenvalue weighted by atomic mass is 10.1. The second-order valence-electron chi connectivity index (χ2n) is 2.87. The lowest BCUT2D eigenvalue weighted by Gasteiger charge is -2.12. The van der Waals surface area contributed by atoms with Crippen LogP contribution in [0.4, 0.5) is 0 Å². The van der Waals surface area contributed by atoms with Crippen LogP contribution in [0.15, 0.2) is 11.5 Å². The number of H-pyrrole nitrogens is 1. The van der Waals surface area contributed by atoms with Crippen LogP contribution < -0.4 is 10.5 Å². The van der Waals surface area contributed by atoms with Gasteiger partial charge in [0.1, 0.15) is 6.07 Å². The zero-order valence-corrected chi connectivity index (χ0v) is 7.09. The van der Waals surface area contributed by atoms with Gasteiger partial charge in [-0.2, -0.15) is 5.26 Å². The molecule has 0 saturated carbocycles. The van der Waals surface area contributed by atoms with Crippen molar-refractivity contribution in [3.63, 3.8) is 0 Å². The monoisotopic (exact) mass is 176 g/mol. The number of rotatable bonds is 0. The molecule has 0 aromatic carbocycles. The maximum Gasteiger partial charge on any atom is 0.243 e. The smallest absolute Gasteiger partial charge is 0.243 e. The molecule has 0 bridgehead atoms. The van der Waals surface area contributed by atoms with E-state index in [2.05, 4.69) is 10.2 Å². The van der Waals surface area contributed by atoms with Crippen molar-refractivity contribution >= 4 is 0 Å². The number of nitriles is 1. The Hall–Kier alpha value is -1.96. The molecule has 0 atom stereocenters. The zero-order chi connectivity index (χ0) is 9.42. The van der Waals surface area contributed by atoms with Crippen LogP contribution in [0.5, 0.6) is 5.88 Å². The van der Waals surface area contributed by atoms with Gasteiger partial charge in [0, 0.05) is 17.7 Å². The predicted octanol–water partition coefficient (Wildman–Crippen LogP) is 0.347. The molecule has 0 unspecified atom stereocenters. The number of aryl methyl sites for hydroxylation is 1. The van der Waals surface area contributed by atoms with Crippen molar-refractivity contribution in [2.24, 2.45) is 5.73 Å². The van der Waals surface area contributed by atoms with Gasteiger partial charge in [0.05, 0.1) is 5.57 Å². The molecule has 0 fully saturated rings. The molecule has 5 heteroatoms. The Bertz CT molecular complexity index is 424. The van der Waals surface area contributed by atoms with Crippen LogP contribution in [0, 0.1) is 18.3 Å². The minimum absolute atomic E-state index is 0.154. The number of hydrogen-bond acceptors (Lipinski definition) is 4. The molecule has 1 aromatic heterocycles. The summed E-state index contributed by atoms with van der Waals surface area (Å²) in [6.45, 7) is 1.88. The fourth-order valence-corrected chi connectivity index (χ4v) is 1.25. The van der Waals surface area contributed by atoms with E-state index in [-0.39, 0.29) is 5.88 Å². The van der Waals surface area contributed by atoms with E-state index in [9.17, 15) is 0 Å². The number of aromatic nitrogens is 2. The molecule has 0 radical (unpaired) electrons. The number of fused-ring (bicyclic) bond motifs is 1. The second-order valence-corrected chi connectivity index (χ2v) is 2.87. The van der Waals surface area contributed by atoms with Gasteiger partial charge in [-0.1, -0.05) is 0 Å². The first-order valence-corrected chi connectivity index (χ1v) is 3.82. The van der Waals surface area contributed by atoms with E-state index in [1.165, 1.54) is 0 Å². The van der Waals surface area contributed by atoms with Crippen LogP contribution in [0.3, 0.4) is 0 Å². The second kappa shape index (κ2) is 2.52. The van der Waals surface area contributed by atoms with Gasteiger partial charge in [0.2, 0.25) is 11.8 Å². The van der Waals surface area contributed by atoms with Crippen molar-refractivity contribution in [3.8, 4) is 11.9 Å². The van der Waals surface area contributed by atoms with Crippen molar-refractivity contribution in [2.75, 3.05) is 0 Å². The average Bonchev–Trinajstić information content (AvgIpc) is 2.46. The van der Waals surface area contributed by atoms with Gasteiger partial charge in [-0.15, -0.1) is 5.10 Å². The molecule has 0 amide bonds. The first-order valence-electron chi connectivity index (χ1n) is 3.82. The van der Waals surface area contributed by atoms with E-state index >= 15 is 0 Å². The molecule has 1 aliphatic rings. The molecule has 1 aliphatic heterocycles. The van der Waals surface area contributed by atoms with Crippen LogP contribution in [0.2, 0.25) is 0 Å². The summed E-state index contributed by atoms with van der Waals surface area (Å²) in [5.74, 6) is 0.635. The summed E-state index contributed by atoms with van der Waals surface area (Å²) in [6, 6.07) is 2.00. The summed E-state index contributed by atoms with van der Waals surface area (Å²) >= 11 is 0. The fourth-order valence-electron chi connectivity index (χ4n) is 1.25. The van der Waals surface area contributed by atoms with Gasteiger partial charge >= 0.3 is 0 Å². The third kappa shape index (κ3) is 1.04. The van der Waals surface area contributed by atoms with Crippen molar-refractivity contribution in [1.82, 2.24) is 10.2 Å². The molecule has 0 saturated heterocycles. The molecule has 1 aromatic rings. The summed E-state index contributed by atoms with van der Waals surface area (Å²) in [7, 11) is 0. The Morgan fingerprint density at radius 3 is 3.15 bits per heavy atom. The van der Waals surface area contributed by atoms with E-state index < -0.39 is 0 Å². The maximum absolute atomic E-state index is 8.72. The van der Waals surface area contributed by atoms with E-state index in [1.807, 2.05) is 13.0 Å². The molecule has 3 N–H and O–H groups in total. The van der Waals surface area contributed by atoms with Crippen LogP contribution in [0.25, 0.3) is 0 Å². The lowest BCUT2D eigenvalue weighted by molar-refractivity contribution is 0.384. The molecule has 0 spiro atoms. The van der Waals surface area contributed by atoms with Gasteiger partial charge in [-0.25, -0.2) is 0 Å². The predicted molar refractivity (Wildman–Crippen MR) is 44.5 cm³/mol. The topological polar surface area (TPSA) is 87.7 Å². The maximum atomic E-state index is 8.72. The molecule has 2 heterocycles. The standard InChI is InChI=1S/C8H8N4O/c1-4-6-2-5(3-9)7(10)13-8(6)12-11-4/h2,10H2,1H3,(H,11,12). The number of nitrogens with one attached hydrogen (secondary N) is 1. The third-order valence-electron chi connectivity index (χ3n) is 2.03. The van der Waals surface area contributed by atoms with E-state index in [4.69, 9.17) is 15.7 Å². The van der Waals surface area contributed by atoms with Gasteiger partial charge in [-0.05, 0) is 6.92 Å². The number of hydrogen-bond donors (Lipinski definition) is 2. The molecule has 2 rings (SSSR count). The number of aromatic amines is 1. The summed E-state index contributed by atoms with van der Waals surface area (Å²) in [4.78, 5) is 0. The number of ether oxygens (including phenoxy) is 1. The SMILES string of the molecule is Cc1[nH]nc2c1CC(C#N)=C(N)O2. The van der Waals surface area contributed by atoms with Crippen molar-refractivity contribution in [3.05, 3.63) is 22.7 Å². The van der Waals surface area contributed by atoms with Crippen LogP contribution in [-0.2, 0) is 6.42 Å². The minimum Gasteiger partial charge on any atom is -0.420 e. The summed E-state index contributed by atoms with van der Waals surface area (Å²) < 4.78 is 5.15. The number of nitrogens with zero attached hydrogens (tertiary/aromatic N) is 2. The van der Waals surface area contributed by atoms with E-state index in [1.54, 1.807) is 0 Å². The highest BCUT2D eigenvalue weighted by atomic mass is 16.5. The highest BCUT2D eigenvalue weighted by Gasteiger charge is 2.21. The molecular formula is C8H8N4O. The highest BCUT2D eigenvalue weighted by molar-refractivity contribution is 5.43. The van der Waals surface area contributed by atoms with E-state index in [0.29, 0.717) is 17.9 Å².